The first-order valence-electron chi connectivity index (χ1n) is 6.72. The molecule has 2 N–H and O–H groups in total. The Morgan fingerprint density at radius 2 is 1.95 bits per heavy atom. The van der Waals surface area contributed by atoms with E-state index < -0.39 is 5.97 Å². The molecule has 0 saturated carbocycles. The van der Waals surface area contributed by atoms with Crippen LogP contribution in [0, 0.1) is 13.8 Å². The molecule has 4 nitrogen and oxygen atoms in total. The van der Waals surface area contributed by atoms with Gasteiger partial charge >= 0.3 is 5.97 Å². The normalized spacial score (nSPS) is 10.2. The molecular formula is C17H19NO3. The summed E-state index contributed by atoms with van der Waals surface area (Å²) in [4.78, 5) is 11.0. The molecule has 0 radical (unpaired) electrons. The molecule has 0 unspecified atom stereocenters. The molecule has 2 aromatic rings. The van der Waals surface area contributed by atoms with Crippen LogP contribution >= 0.6 is 0 Å². The van der Waals surface area contributed by atoms with Gasteiger partial charge in [0.2, 0.25) is 0 Å². The Morgan fingerprint density at radius 1 is 1.19 bits per heavy atom. The molecule has 0 heterocycles. The number of aryl methyl sites for hydroxylation is 2. The minimum absolute atomic E-state index is 0.277. The molecule has 4 heteroatoms. The van der Waals surface area contributed by atoms with Gasteiger partial charge in [0.25, 0.3) is 0 Å². The first-order valence-corrected chi connectivity index (χ1v) is 6.72. The summed E-state index contributed by atoms with van der Waals surface area (Å²) in [5, 5.41) is 12.3. The number of benzene rings is 2. The predicted molar refractivity (Wildman–Crippen MR) is 83.2 cm³/mol. The van der Waals surface area contributed by atoms with Gasteiger partial charge in [0, 0.05) is 17.8 Å². The zero-order chi connectivity index (χ0) is 15.4. The summed E-state index contributed by atoms with van der Waals surface area (Å²) in [5.74, 6) is -0.105. The topological polar surface area (TPSA) is 58.6 Å². The van der Waals surface area contributed by atoms with Gasteiger partial charge in [-0.3, -0.25) is 0 Å². The Morgan fingerprint density at radius 3 is 2.62 bits per heavy atom. The van der Waals surface area contributed by atoms with Crippen LogP contribution in [0.1, 0.15) is 27.0 Å². The lowest BCUT2D eigenvalue weighted by molar-refractivity contribution is 0.0697. The fourth-order valence-electron chi connectivity index (χ4n) is 2.18. The van der Waals surface area contributed by atoms with E-state index in [2.05, 4.69) is 11.4 Å². The van der Waals surface area contributed by atoms with Gasteiger partial charge in [-0.1, -0.05) is 23.8 Å². The van der Waals surface area contributed by atoms with Crippen LogP contribution in [-0.4, -0.2) is 18.2 Å². The SMILES string of the molecule is COc1ccc(C)cc1CNc1cc(C(=O)O)ccc1C. The van der Waals surface area contributed by atoms with Crippen molar-refractivity contribution in [3.05, 3.63) is 58.7 Å². The average molecular weight is 285 g/mol. The zero-order valence-corrected chi connectivity index (χ0v) is 12.4. The lowest BCUT2D eigenvalue weighted by atomic mass is 10.1. The predicted octanol–water partition coefficient (Wildman–Crippen LogP) is 3.62. The van der Waals surface area contributed by atoms with Crippen LogP contribution < -0.4 is 10.1 Å². The largest absolute Gasteiger partial charge is 0.496 e. The fraction of sp³-hybridized carbons (Fsp3) is 0.235. The van der Waals surface area contributed by atoms with Crippen LogP contribution in [0.25, 0.3) is 0 Å². The molecule has 110 valence electrons. The summed E-state index contributed by atoms with van der Waals surface area (Å²) in [7, 11) is 1.64. The summed E-state index contributed by atoms with van der Waals surface area (Å²) < 4.78 is 5.35. The number of anilines is 1. The minimum atomic E-state index is -0.925. The molecular weight excluding hydrogens is 266 g/mol. The van der Waals surface area contributed by atoms with E-state index in [1.807, 2.05) is 26.0 Å². The molecule has 0 aromatic heterocycles. The van der Waals surface area contributed by atoms with E-state index in [9.17, 15) is 4.79 Å². The Bertz CT molecular complexity index is 665. The Labute approximate surface area is 124 Å². The van der Waals surface area contributed by atoms with E-state index in [1.165, 1.54) is 0 Å². The first-order chi connectivity index (χ1) is 10.0. The summed E-state index contributed by atoms with van der Waals surface area (Å²) in [5.41, 5.74) is 4.30. The van der Waals surface area contributed by atoms with Crippen molar-refractivity contribution in [2.24, 2.45) is 0 Å². The van der Waals surface area contributed by atoms with Gasteiger partial charge in [-0.25, -0.2) is 4.79 Å². The molecule has 0 atom stereocenters. The lowest BCUT2D eigenvalue weighted by Gasteiger charge is -2.13. The maximum Gasteiger partial charge on any atom is 0.335 e. The molecule has 2 rings (SSSR count). The van der Waals surface area contributed by atoms with Crippen molar-refractivity contribution < 1.29 is 14.6 Å². The van der Waals surface area contributed by atoms with Crippen LogP contribution in [0.5, 0.6) is 5.75 Å². The second kappa shape index (κ2) is 6.31. The van der Waals surface area contributed by atoms with Crippen LogP contribution in [0.4, 0.5) is 5.69 Å². The number of hydrogen-bond acceptors (Lipinski definition) is 3. The van der Waals surface area contributed by atoms with Crippen LogP contribution in [0.3, 0.4) is 0 Å². The number of carboxylic acid groups (broad SMARTS) is 1. The van der Waals surface area contributed by atoms with Gasteiger partial charge < -0.3 is 15.2 Å². The molecule has 0 amide bonds. The molecule has 0 aliphatic heterocycles. The first kappa shape index (κ1) is 14.9. The molecule has 0 aliphatic rings. The molecule has 0 saturated heterocycles. The number of carbonyl (C=O) groups is 1. The minimum Gasteiger partial charge on any atom is -0.496 e. The standard InChI is InChI=1S/C17H19NO3/c1-11-4-7-16(21-3)14(8-11)10-18-15-9-13(17(19)20)6-5-12(15)2/h4-9,18H,10H2,1-3H3,(H,19,20). The third-order valence-electron chi connectivity index (χ3n) is 3.39. The Kier molecular flexibility index (Phi) is 4.48. The highest BCUT2D eigenvalue weighted by Gasteiger charge is 2.08. The van der Waals surface area contributed by atoms with Gasteiger partial charge in [0.05, 0.1) is 12.7 Å². The highest BCUT2D eigenvalue weighted by molar-refractivity contribution is 5.89. The molecule has 21 heavy (non-hydrogen) atoms. The highest BCUT2D eigenvalue weighted by atomic mass is 16.5. The van der Waals surface area contributed by atoms with Crippen LogP contribution in [0.2, 0.25) is 0 Å². The Hall–Kier alpha value is -2.49. The monoisotopic (exact) mass is 285 g/mol. The lowest BCUT2D eigenvalue weighted by Crippen LogP contribution is -2.05. The van der Waals surface area contributed by atoms with Crippen molar-refractivity contribution in [2.75, 3.05) is 12.4 Å². The third kappa shape index (κ3) is 3.54. The second-order valence-corrected chi connectivity index (χ2v) is 5.00. The quantitative estimate of drug-likeness (QED) is 0.881. The summed E-state index contributed by atoms with van der Waals surface area (Å²) in [6, 6.07) is 11.1. The van der Waals surface area contributed by atoms with Gasteiger partial charge in [-0.2, -0.15) is 0 Å². The van der Waals surface area contributed by atoms with Crippen molar-refractivity contribution >= 4 is 11.7 Å². The van der Waals surface area contributed by atoms with Crippen molar-refractivity contribution in [3.8, 4) is 5.75 Å². The van der Waals surface area contributed by atoms with Crippen molar-refractivity contribution in [1.82, 2.24) is 0 Å². The molecule has 0 aliphatic carbocycles. The number of carboxylic acids is 1. The second-order valence-electron chi connectivity index (χ2n) is 5.00. The number of methoxy groups -OCH3 is 1. The Balaban J connectivity index is 2.22. The van der Waals surface area contributed by atoms with Gasteiger partial charge in [0.1, 0.15) is 5.75 Å². The molecule has 0 fully saturated rings. The van der Waals surface area contributed by atoms with Crippen molar-refractivity contribution in [3.63, 3.8) is 0 Å². The number of ether oxygens (including phenoxy) is 1. The number of aromatic carboxylic acids is 1. The zero-order valence-electron chi connectivity index (χ0n) is 12.4. The van der Waals surface area contributed by atoms with Crippen molar-refractivity contribution in [1.29, 1.82) is 0 Å². The summed E-state index contributed by atoms with van der Waals surface area (Å²) in [6.07, 6.45) is 0. The van der Waals surface area contributed by atoms with E-state index >= 15 is 0 Å². The van der Waals surface area contributed by atoms with Crippen LogP contribution in [0.15, 0.2) is 36.4 Å². The maximum atomic E-state index is 11.0. The van der Waals surface area contributed by atoms with E-state index in [-0.39, 0.29) is 5.56 Å². The fourth-order valence-corrected chi connectivity index (χ4v) is 2.18. The summed E-state index contributed by atoms with van der Waals surface area (Å²) >= 11 is 0. The highest BCUT2D eigenvalue weighted by Crippen LogP contribution is 2.23. The van der Waals surface area contributed by atoms with Crippen LogP contribution in [-0.2, 0) is 6.54 Å². The molecule has 0 bridgehead atoms. The van der Waals surface area contributed by atoms with E-state index in [4.69, 9.17) is 9.84 Å². The van der Waals surface area contributed by atoms with Gasteiger partial charge in [0.15, 0.2) is 0 Å². The van der Waals surface area contributed by atoms with Gasteiger partial charge in [-0.15, -0.1) is 0 Å². The maximum absolute atomic E-state index is 11.0. The van der Waals surface area contributed by atoms with E-state index in [1.54, 1.807) is 25.3 Å². The summed E-state index contributed by atoms with van der Waals surface area (Å²) in [6.45, 7) is 4.55. The number of rotatable bonds is 5. The smallest absolute Gasteiger partial charge is 0.335 e. The molecule has 2 aromatic carbocycles. The number of nitrogens with one attached hydrogen (secondary N) is 1. The van der Waals surface area contributed by atoms with E-state index in [0.717, 1.165) is 28.1 Å². The van der Waals surface area contributed by atoms with E-state index in [0.29, 0.717) is 6.54 Å². The number of hydrogen-bond donors (Lipinski definition) is 2. The van der Waals surface area contributed by atoms with Gasteiger partial charge in [-0.05, 0) is 37.6 Å². The van der Waals surface area contributed by atoms with Crippen molar-refractivity contribution in [2.45, 2.75) is 20.4 Å². The molecule has 0 spiro atoms. The average Bonchev–Trinajstić information content (AvgIpc) is 2.46. The third-order valence-corrected chi connectivity index (χ3v) is 3.39.